The van der Waals surface area contributed by atoms with Gasteiger partial charge in [0.2, 0.25) is 0 Å². The second-order valence-electron chi connectivity index (χ2n) is 23.7. The molecule has 0 aromatic carbocycles. The summed E-state index contributed by atoms with van der Waals surface area (Å²) in [6.45, 7) is 30.5. The van der Waals surface area contributed by atoms with Crippen LogP contribution in [0.15, 0.2) is 12.2 Å². The lowest BCUT2D eigenvalue weighted by molar-refractivity contribution is -0.151. The normalized spacial score (nSPS) is 11.9. The van der Waals surface area contributed by atoms with Crippen LogP contribution in [0.4, 0.5) is 0 Å². The van der Waals surface area contributed by atoms with Crippen LogP contribution in [-0.2, 0) is 61.9 Å². The van der Waals surface area contributed by atoms with E-state index in [1.165, 1.54) is 141 Å². The van der Waals surface area contributed by atoms with E-state index >= 15 is 0 Å². The first-order valence-corrected chi connectivity index (χ1v) is 35.5. The minimum absolute atomic E-state index is 0.0579. The minimum atomic E-state index is -0.596. The summed E-state index contributed by atoms with van der Waals surface area (Å²) in [5.74, 6) is 0.0901. The summed E-state index contributed by atoms with van der Waals surface area (Å²) in [5.41, 5.74) is 0. The first-order valence-electron chi connectivity index (χ1n) is 35.5. The quantitative estimate of drug-likeness (QED) is 0.0151. The van der Waals surface area contributed by atoms with E-state index in [0.29, 0.717) is 50.4 Å². The number of hydrogen-bond acceptors (Lipinski definition) is 16. The Labute approximate surface area is 549 Å². The fraction of sp³-hybridized carbons (Fsp3) is 0.890. The highest BCUT2D eigenvalue weighted by Gasteiger charge is 2.20. The second-order valence-corrected chi connectivity index (χ2v) is 23.7. The zero-order valence-electron chi connectivity index (χ0n) is 61.5. The lowest BCUT2D eigenvalue weighted by Crippen LogP contribution is -2.40. The molecule has 0 rings (SSSR count). The zero-order chi connectivity index (χ0) is 68.8. The molecule has 0 saturated heterocycles. The van der Waals surface area contributed by atoms with Crippen LogP contribution < -0.4 is 0 Å². The summed E-state index contributed by atoms with van der Waals surface area (Å²) in [7, 11) is 8.77. The number of aliphatic hydroxyl groups is 1. The van der Waals surface area contributed by atoms with E-state index in [-0.39, 0.29) is 31.7 Å². The molecule has 0 heterocycles. The fourth-order valence-electron chi connectivity index (χ4n) is 7.98. The molecular weight excluding hydrogens is 1130 g/mol. The van der Waals surface area contributed by atoms with E-state index in [0.717, 1.165) is 109 Å². The van der Waals surface area contributed by atoms with Crippen molar-refractivity contribution in [3.8, 4) is 0 Å². The number of nitrogens with zero attached hydrogens (tertiary/aromatic N) is 2. The molecule has 0 spiro atoms. The first kappa shape index (κ1) is 99.3. The number of carbonyl (C=O) groups excluding carboxylic acids is 6. The Hall–Kier alpha value is -3.28. The number of hydrogen-bond donors (Lipinski definition) is 1. The monoisotopic (exact) mass is 1280 g/mol. The summed E-state index contributed by atoms with van der Waals surface area (Å²) in [6, 6.07) is 0. The van der Waals surface area contributed by atoms with Gasteiger partial charge in [0.05, 0.1) is 46.6 Å². The van der Waals surface area contributed by atoms with E-state index < -0.39 is 24.2 Å². The van der Waals surface area contributed by atoms with Crippen LogP contribution in [0.3, 0.4) is 0 Å². The highest BCUT2D eigenvalue weighted by atomic mass is 16.6. The molecule has 0 amide bonds. The van der Waals surface area contributed by atoms with Crippen LogP contribution in [0.5, 0.6) is 0 Å². The Morgan fingerprint density at radius 1 is 0.494 bits per heavy atom. The third-order valence-corrected chi connectivity index (χ3v) is 13.9. The van der Waals surface area contributed by atoms with Crippen molar-refractivity contribution in [3.63, 3.8) is 0 Å². The smallest absolute Gasteiger partial charge is 0.320 e. The van der Waals surface area contributed by atoms with Gasteiger partial charge >= 0.3 is 23.9 Å². The molecule has 0 aromatic rings. The largest absolute Gasteiger partial charge is 0.468 e. The van der Waals surface area contributed by atoms with Gasteiger partial charge in [0.15, 0.2) is 6.29 Å². The number of rotatable bonds is 52. The maximum absolute atomic E-state index is 12.1. The molecule has 0 aromatic heterocycles. The van der Waals surface area contributed by atoms with Gasteiger partial charge in [0.1, 0.15) is 18.7 Å². The number of methoxy groups -OCH3 is 3. The lowest BCUT2D eigenvalue weighted by Gasteiger charge is -2.21. The van der Waals surface area contributed by atoms with Crippen LogP contribution in [-0.4, -0.2) is 158 Å². The molecule has 534 valence electrons. The van der Waals surface area contributed by atoms with E-state index in [2.05, 4.69) is 86.1 Å². The molecule has 0 aliphatic heterocycles. The number of unbranched alkanes of at least 4 members (excludes halogenated alkanes) is 21. The Balaban J connectivity index is -0.000000193. The number of carbonyl (C=O) groups is 6. The number of likely N-dealkylation sites (N-methyl/N-ethyl adjacent to an activating group) is 1. The average Bonchev–Trinajstić information content (AvgIpc) is 3.68. The summed E-state index contributed by atoms with van der Waals surface area (Å²) in [6.07, 6.45) is 43.8. The molecule has 1 N–H and O–H groups in total. The molecule has 16 nitrogen and oxygen atoms in total. The molecule has 0 aliphatic rings. The average molecular weight is 1280 g/mol. The van der Waals surface area contributed by atoms with Gasteiger partial charge in [-0.15, -0.1) is 0 Å². The highest BCUT2D eigenvalue weighted by Crippen LogP contribution is 2.18. The number of aliphatic hydroxyl groups excluding tert-OH is 1. The van der Waals surface area contributed by atoms with Crippen molar-refractivity contribution in [3.05, 3.63) is 12.2 Å². The van der Waals surface area contributed by atoms with Gasteiger partial charge < -0.3 is 52.8 Å². The molecule has 4 unspecified atom stereocenters. The maximum atomic E-state index is 12.1. The number of aldehydes is 2. The predicted octanol–water partition coefficient (Wildman–Crippen LogP) is 17.5. The number of ether oxygens (including phenoxy) is 7. The number of allylic oxidation sites excluding steroid dienone is 2. The van der Waals surface area contributed by atoms with Crippen molar-refractivity contribution in [1.29, 1.82) is 0 Å². The van der Waals surface area contributed by atoms with Crippen molar-refractivity contribution in [2.45, 2.75) is 314 Å². The first-order chi connectivity index (χ1) is 42.7. The van der Waals surface area contributed by atoms with Gasteiger partial charge in [-0.1, -0.05) is 243 Å². The van der Waals surface area contributed by atoms with Crippen molar-refractivity contribution in [2.75, 3.05) is 94.6 Å². The standard InChI is InChI=1S/C23H43NO6.C14H28O2.C9H19NO2.2C9H20O.C6H12O.C3H6O/c1-4-6-8-10-12-14-16-29-22(26)19-24(18-21(25)28-3)20-23(27)30-17-15-13-11-9-7-5-2;1-5-7-8-9-10-13(12(3)4)11-16-14(15)6-2;1-5-6-9(7-10(3)4)12-8(2)11;2*1-3-4-5-6-7-8-9-10-2;1-3-6(2)4-5-7;1-2-3-4/h4-20H2,1-3H3;8-9,12-15H,5-7,10-11H2,1-4H3;9H,5-7H2,1-4H3;2*3-9H2,1-2H3;5-6H,3-4H2,1-2H3;3H,2H2,1H3/b;9-8-;;;;;. The Bertz CT molecular complexity index is 1390. The highest BCUT2D eigenvalue weighted by molar-refractivity contribution is 5.78. The van der Waals surface area contributed by atoms with Crippen LogP contribution in [0.1, 0.15) is 302 Å². The van der Waals surface area contributed by atoms with E-state index in [1.54, 1.807) is 14.2 Å². The molecule has 0 radical (unpaired) electrons. The van der Waals surface area contributed by atoms with E-state index in [4.69, 9.17) is 28.4 Å². The summed E-state index contributed by atoms with van der Waals surface area (Å²) in [4.78, 5) is 68.8. The summed E-state index contributed by atoms with van der Waals surface area (Å²) in [5, 5.41) is 9.36. The third-order valence-electron chi connectivity index (χ3n) is 13.9. The van der Waals surface area contributed by atoms with E-state index in [1.807, 2.05) is 32.8 Å². The van der Waals surface area contributed by atoms with Crippen LogP contribution in [0, 0.1) is 17.8 Å². The summed E-state index contributed by atoms with van der Waals surface area (Å²) < 4.78 is 35.5. The van der Waals surface area contributed by atoms with Crippen molar-refractivity contribution >= 4 is 36.4 Å². The molecule has 89 heavy (non-hydrogen) atoms. The van der Waals surface area contributed by atoms with E-state index in [9.17, 15) is 33.9 Å². The molecule has 16 heteroatoms. The van der Waals surface area contributed by atoms with Gasteiger partial charge in [0, 0.05) is 53.7 Å². The fourth-order valence-corrected chi connectivity index (χ4v) is 7.98. The van der Waals surface area contributed by atoms with Gasteiger partial charge in [0.25, 0.3) is 0 Å². The van der Waals surface area contributed by atoms with Gasteiger partial charge in [-0.25, -0.2) is 0 Å². The van der Waals surface area contributed by atoms with Gasteiger partial charge in [-0.2, -0.15) is 0 Å². The molecule has 0 fully saturated rings. The summed E-state index contributed by atoms with van der Waals surface area (Å²) >= 11 is 0. The molecular formula is C73H148N2O14. The Kier molecular flexibility index (Phi) is 96.8. The topological polar surface area (TPSA) is 194 Å². The Morgan fingerprint density at radius 3 is 1.20 bits per heavy atom. The zero-order valence-corrected chi connectivity index (χ0v) is 61.5. The molecule has 4 atom stereocenters. The molecule has 0 aliphatic carbocycles. The maximum Gasteiger partial charge on any atom is 0.320 e. The third kappa shape index (κ3) is 98.5. The minimum Gasteiger partial charge on any atom is -0.468 e. The van der Waals surface area contributed by atoms with Gasteiger partial charge in [-0.3, -0.25) is 24.1 Å². The van der Waals surface area contributed by atoms with Crippen molar-refractivity contribution < 1.29 is 67.0 Å². The lowest BCUT2D eigenvalue weighted by atomic mass is 9.93. The predicted molar refractivity (Wildman–Crippen MR) is 372 cm³/mol. The molecule has 0 bridgehead atoms. The second kappa shape index (κ2) is 86.8. The molecule has 0 saturated carbocycles. The van der Waals surface area contributed by atoms with Gasteiger partial charge in [-0.05, 0) is 83.2 Å². The Morgan fingerprint density at radius 2 is 0.899 bits per heavy atom. The van der Waals surface area contributed by atoms with Crippen LogP contribution >= 0.6 is 0 Å². The van der Waals surface area contributed by atoms with Crippen LogP contribution in [0.2, 0.25) is 0 Å². The van der Waals surface area contributed by atoms with Crippen LogP contribution in [0.25, 0.3) is 0 Å². The van der Waals surface area contributed by atoms with Crippen molar-refractivity contribution in [2.24, 2.45) is 17.8 Å². The SMILES string of the molecule is CCC(C)CC=O.CCC/C=C\CC(COC(O)CC)C(C)C.CCC=O.CCCC(CN(C)C)OC(C)=O.CCCCCCCCOC.CCCCCCCCOC.CCCCCCCCOC(=O)CN(CC(=O)OC)CC(=O)OCCCCCCCC. The number of esters is 4. The van der Waals surface area contributed by atoms with Crippen molar-refractivity contribution in [1.82, 2.24) is 9.80 Å².